The molecule has 1 aromatic carbocycles. The number of halogens is 1. The smallest absolute Gasteiger partial charge is 0.0397 e. The van der Waals surface area contributed by atoms with Crippen LogP contribution in [0.25, 0.3) is 0 Å². The van der Waals surface area contributed by atoms with Crippen LogP contribution in [0.5, 0.6) is 0 Å². The Morgan fingerprint density at radius 2 is 2.27 bits per heavy atom. The fourth-order valence-electron chi connectivity index (χ4n) is 1.54. The molecule has 0 unspecified atom stereocenters. The Labute approximate surface area is 75.1 Å². The standard InChI is InChI=1S/C9H10BrN/c1-11-5-4-7-6-8(10)2-3-9(7)11/h2-3,6H,4-5H2,1H3. The summed E-state index contributed by atoms with van der Waals surface area (Å²) in [6.07, 6.45) is 1.19. The molecule has 0 atom stereocenters. The number of fused-ring (bicyclic) bond motifs is 1. The zero-order valence-electron chi connectivity index (χ0n) is 6.47. The van der Waals surface area contributed by atoms with Crippen LogP contribution in [0.2, 0.25) is 0 Å². The maximum Gasteiger partial charge on any atom is 0.0397 e. The number of hydrogen-bond acceptors (Lipinski definition) is 1. The summed E-state index contributed by atoms with van der Waals surface area (Å²) in [5, 5.41) is 0. The molecule has 2 heteroatoms. The molecule has 1 heterocycles. The molecule has 0 amide bonds. The predicted octanol–water partition coefficient (Wildman–Crippen LogP) is 2.44. The van der Waals surface area contributed by atoms with Crippen LogP contribution in [-0.4, -0.2) is 13.6 Å². The number of anilines is 1. The molecule has 0 fully saturated rings. The largest absolute Gasteiger partial charge is 0.374 e. The van der Waals surface area contributed by atoms with Crippen molar-refractivity contribution in [2.75, 3.05) is 18.5 Å². The number of benzene rings is 1. The first-order valence-electron chi connectivity index (χ1n) is 3.77. The summed E-state index contributed by atoms with van der Waals surface area (Å²) in [5.74, 6) is 0. The van der Waals surface area contributed by atoms with Crippen molar-refractivity contribution in [3.63, 3.8) is 0 Å². The lowest BCUT2D eigenvalue weighted by atomic mass is 10.2. The van der Waals surface area contributed by atoms with Gasteiger partial charge in [0.1, 0.15) is 0 Å². The van der Waals surface area contributed by atoms with Crippen LogP contribution in [0, 0.1) is 0 Å². The molecule has 1 aromatic rings. The van der Waals surface area contributed by atoms with Gasteiger partial charge in [0.25, 0.3) is 0 Å². The van der Waals surface area contributed by atoms with Crippen molar-refractivity contribution in [2.45, 2.75) is 6.42 Å². The second-order valence-electron chi connectivity index (χ2n) is 2.94. The van der Waals surface area contributed by atoms with Crippen molar-refractivity contribution < 1.29 is 0 Å². The summed E-state index contributed by atoms with van der Waals surface area (Å²) in [7, 11) is 2.14. The van der Waals surface area contributed by atoms with E-state index in [1.54, 1.807) is 0 Å². The lowest BCUT2D eigenvalue weighted by molar-refractivity contribution is 0.956. The fraction of sp³-hybridized carbons (Fsp3) is 0.333. The van der Waals surface area contributed by atoms with Gasteiger partial charge < -0.3 is 4.90 Å². The minimum Gasteiger partial charge on any atom is -0.374 e. The Hall–Kier alpha value is -0.500. The van der Waals surface area contributed by atoms with Gasteiger partial charge in [-0.05, 0) is 30.2 Å². The molecule has 1 aliphatic heterocycles. The van der Waals surface area contributed by atoms with E-state index in [0.29, 0.717) is 0 Å². The Balaban J connectivity index is 2.50. The SMILES string of the molecule is CN1CCc2cc(Br)ccc21. The zero-order valence-corrected chi connectivity index (χ0v) is 8.06. The van der Waals surface area contributed by atoms with Crippen molar-refractivity contribution in [3.05, 3.63) is 28.2 Å². The topological polar surface area (TPSA) is 3.24 Å². The number of hydrogen-bond donors (Lipinski definition) is 0. The fourth-order valence-corrected chi connectivity index (χ4v) is 1.94. The average Bonchev–Trinajstić information content (AvgIpc) is 2.32. The van der Waals surface area contributed by atoms with Gasteiger partial charge in [-0.25, -0.2) is 0 Å². The van der Waals surface area contributed by atoms with Crippen LogP contribution >= 0.6 is 15.9 Å². The molecule has 0 saturated heterocycles. The molecule has 0 spiro atoms. The van der Waals surface area contributed by atoms with Crippen LogP contribution in [0.15, 0.2) is 22.7 Å². The Kier molecular flexibility index (Phi) is 1.64. The van der Waals surface area contributed by atoms with E-state index in [1.807, 2.05) is 0 Å². The van der Waals surface area contributed by atoms with E-state index in [4.69, 9.17) is 0 Å². The highest BCUT2D eigenvalue weighted by Gasteiger charge is 2.14. The molecule has 0 aromatic heterocycles. The Morgan fingerprint density at radius 3 is 3.09 bits per heavy atom. The minimum atomic E-state index is 1.16. The van der Waals surface area contributed by atoms with Gasteiger partial charge in [-0.2, -0.15) is 0 Å². The molecule has 0 radical (unpaired) electrons. The third kappa shape index (κ3) is 1.16. The van der Waals surface area contributed by atoms with Crippen molar-refractivity contribution >= 4 is 21.6 Å². The number of nitrogens with zero attached hydrogens (tertiary/aromatic N) is 1. The third-order valence-corrected chi connectivity index (χ3v) is 2.66. The summed E-state index contributed by atoms with van der Waals surface area (Å²) in [5.41, 5.74) is 2.84. The molecule has 11 heavy (non-hydrogen) atoms. The molecule has 1 nitrogen and oxygen atoms in total. The van der Waals surface area contributed by atoms with Gasteiger partial charge >= 0.3 is 0 Å². The number of likely N-dealkylation sites (N-methyl/N-ethyl adjacent to an activating group) is 1. The van der Waals surface area contributed by atoms with E-state index in [0.717, 1.165) is 6.54 Å². The first-order chi connectivity index (χ1) is 5.27. The second kappa shape index (κ2) is 2.52. The lowest BCUT2D eigenvalue weighted by Gasteiger charge is -2.10. The van der Waals surface area contributed by atoms with Crippen molar-refractivity contribution in [1.82, 2.24) is 0 Å². The summed E-state index contributed by atoms with van der Waals surface area (Å²) < 4.78 is 1.19. The van der Waals surface area contributed by atoms with Crippen molar-refractivity contribution in [1.29, 1.82) is 0 Å². The van der Waals surface area contributed by atoms with E-state index in [1.165, 1.54) is 22.1 Å². The summed E-state index contributed by atoms with van der Waals surface area (Å²) in [4.78, 5) is 2.29. The molecule has 58 valence electrons. The molecule has 0 saturated carbocycles. The van der Waals surface area contributed by atoms with E-state index >= 15 is 0 Å². The minimum absolute atomic E-state index is 1.16. The van der Waals surface area contributed by atoms with Crippen LogP contribution in [0.1, 0.15) is 5.56 Å². The monoisotopic (exact) mass is 211 g/mol. The quantitative estimate of drug-likeness (QED) is 0.638. The molecule has 0 bridgehead atoms. The van der Waals surface area contributed by atoms with E-state index in [-0.39, 0.29) is 0 Å². The van der Waals surface area contributed by atoms with Gasteiger partial charge in [-0.15, -0.1) is 0 Å². The maximum atomic E-state index is 3.47. The highest BCUT2D eigenvalue weighted by atomic mass is 79.9. The van der Waals surface area contributed by atoms with Gasteiger partial charge in [-0.1, -0.05) is 15.9 Å². The first-order valence-corrected chi connectivity index (χ1v) is 4.56. The Bertz CT molecular complexity index is 283. The highest BCUT2D eigenvalue weighted by molar-refractivity contribution is 9.10. The van der Waals surface area contributed by atoms with Crippen LogP contribution in [0.4, 0.5) is 5.69 Å². The van der Waals surface area contributed by atoms with Gasteiger partial charge in [-0.3, -0.25) is 0 Å². The van der Waals surface area contributed by atoms with E-state index < -0.39 is 0 Å². The first kappa shape index (κ1) is 7.17. The summed E-state index contributed by atoms with van der Waals surface area (Å²) >= 11 is 3.47. The zero-order chi connectivity index (χ0) is 7.84. The van der Waals surface area contributed by atoms with E-state index in [2.05, 4.69) is 46.1 Å². The van der Waals surface area contributed by atoms with Crippen LogP contribution < -0.4 is 4.90 Å². The Morgan fingerprint density at radius 1 is 1.45 bits per heavy atom. The summed E-state index contributed by atoms with van der Waals surface area (Å²) in [6.45, 7) is 1.16. The van der Waals surface area contributed by atoms with Crippen molar-refractivity contribution in [3.8, 4) is 0 Å². The molecule has 1 aliphatic rings. The molecule has 0 N–H and O–H groups in total. The van der Waals surface area contributed by atoms with Crippen LogP contribution in [-0.2, 0) is 6.42 Å². The highest BCUT2D eigenvalue weighted by Crippen LogP contribution is 2.28. The second-order valence-corrected chi connectivity index (χ2v) is 3.86. The molecule has 0 aliphatic carbocycles. The molecule has 2 rings (SSSR count). The van der Waals surface area contributed by atoms with Crippen molar-refractivity contribution in [2.24, 2.45) is 0 Å². The predicted molar refractivity (Wildman–Crippen MR) is 51.1 cm³/mol. The van der Waals surface area contributed by atoms with Gasteiger partial charge in [0.15, 0.2) is 0 Å². The lowest BCUT2D eigenvalue weighted by Crippen LogP contribution is -2.12. The average molecular weight is 212 g/mol. The molecular weight excluding hydrogens is 202 g/mol. The normalized spacial score (nSPS) is 15.3. The molecular formula is C9H10BrN. The third-order valence-electron chi connectivity index (χ3n) is 2.17. The van der Waals surface area contributed by atoms with Gasteiger partial charge in [0.05, 0.1) is 0 Å². The maximum absolute atomic E-state index is 3.47. The van der Waals surface area contributed by atoms with Crippen LogP contribution in [0.3, 0.4) is 0 Å². The van der Waals surface area contributed by atoms with E-state index in [9.17, 15) is 0 Å². The van der Waals surface area contributed by atoms with Gasteiger partial charge in [0.2, 0.25) is 0 Å². The number of rotatable bonds is 0. The summed E-state index contributed by atoms with van der Waals surface area (Å²) in [6, 6.07) is 6.48. The van der Waals surface area contributed by atoms with Gasteiger partial charge in [0, 0.05) is 23.8 Å².